The highest BCUT2D eigenvalue weighted by Gasteiger charge is 2.17. The first-order chi connectivity index (χ1) is 9.31. The van der Waals surface area contributed by atoms with Crippen LogP contribution in [0.4, 0.5) is 0 Å². The Morgan fingerprint density at radius 2 is 1.75 bits per heavy atom. The Kier molecular flexibility index (Phi) is 3.95. The van der Waals surface area contributed by atoms with E-state index in [0.29, 0.717) is 12.4 Å². The topological polar surface area (TPSA) is 67.6 Å². The third-order valence-corrected chi connectivity index (χ3v) is 3.67. The number of H-pyrrole nitrogens is 1. The molecule has 0 aliphatic carbocycles. The number of benzene rings is 1. The van der Waals surface area contributed by atoms with E-state index in [-0.39, 0.29) is 5.41 Å². The largest absolute Gasteiger partial charge is 0.324 e. The summed E-state index contributed by atoms with van der Waals surface area (Å²) in [5.74, 6) is 1.54. The Bertz CT molecular complexity index is 582. The average Bonchev–Trinajstić information content (AvgIpc) is 2.80. The van der Waals surface area contributed by atoms with Crippen molar-refractivity contribution in [3.05, 3.63) is 46.0 Å². The predicted molar refractivity (Wildman–Crippen MR) is 81.7 cm³/mol. The maximum absolute atomic E-state index is 5.54. The molecule has 1 heterocycles. The molecule has 2 rings (SSSR count). The first-order valence-corrected chi connectivity index (χ1v) is 7.02. The van der Waals surface area contributed by atoms with Crippen LogP contribution < -0.4 is 5.73 Å². The molecule has 0 amide bonds. The monoisotopic (exact) mass is 272 g/mol. The molecule has 4 heteroatoms. The van der Waals surface area contributed by atoms with Crippen molar-refractivity contribution >= 4 is 0 Å². The van der Waals surface area contributed by atoms with E-state index >= 15 is 0 Å². The van der Waals surface area contributed by atoms with Gasteiger partial charge in [0, 0.05) is 6.42 Å². The van der Waals surface area contributed by atoms with Crippen molar-refractivity contribution in [3.63, 3.8) is 0 Å². The van der Waals surface area contributed by atoms with Crippen molar-refractivity contribution in [1.29, 1.82) is 0 Å². The lowest BCUT2D eigenvalue weighted by Crippen LogP contribution is -2.12. The van der Waals surface area contributed by atoms with Gasteiger partial charge in [-0.1, -0.05) is 32.9 Å². The van der Waals surface area contributed by atoms with Gasteiger partial charge in [0.1, 0.15) is 5.82 Å². The van der Waals surface area contributed by atoms with Gasteiger partial charge in [0.25, 0.3) is 0 Å². The number of hydrogen-bond donors (Lipinski definition) is 2. The van der Waals surface area contributed by atoms with Gasteiger partial charge < -0.3 is 5.73 Å². The van der Waals surface area contributed by atoms with E-state index in [4.69, 9.17) is 5.73 Å². The van der Waals surface area contributed by atoms with E-state index in [1.807, 2.05) is 0 Å². The Labute approximate surface area is 120 Å². The molecule has 0 saturated carbocycles. The highest BCUT2D eigenvalue weighted by atomic mass is 15.2. The van der Waals surface area contributed by atoms with Crippen molar-refractivity contribution in [2.45, 2.75) is 53.0 Å². The molecule has 0 fully saturated rings. The lowest BCUT2D eigenvalue weighted by atomic mass is 9.83. The minimum Gasteiger partial charge on any atom is -0.324 e. The lowest BCUT2D eigenvalue weighted by molar-refractivity contribution is 0.588. The fraction of sp³-hybridized carbons (Fsp3) is 0.500. The molecule has 0 bridgehead atoms. The first kappa shape index (κ1) is 14.7. The summed E-state index contributed by atoms with van der Waals surface area (Å²) < 4.78 is 0. The predicted octanol–water partition coefficient (Wildman–Crippen LogP) is 2.77. The second kappa shape index (κ2) is 5.37. The minimum absolute atomic E-state index is 0.174. The number of nitrogens with one attached hydrogen (secondary N) is 1. The van der Waals surface area contributed by atoms with Gasteiger partial charge >= 0.3 is 0 Å². The molecule has 108 valence electrons. The van der Waals surface area contributed by atoms with Gasteiger partial charge in [-0.3, -0.25) is 5.10 Å². The maximum atomic E-state index is 5.54. The molecule has 1 aromatic heterocycles. The van der Waals surface area contributed by atoms with Crippen LogP contribution in [-0.4, -0.2) is 15.2 Å². The molecule has 0 atom stereocenters. The molecule has 2 aromatic rings. The van der Waals surface area contributed by atoms with E-state index in [1.54, 1.807) is 0 Å². The summed E-state index contributed by atoms with van der Waals surface area (Å²) in [6, 6.07) is 4.56. The molecule has 20 heavy (non-hydrogen) atoms. The van der Waals surface area contributed by atoms with Gasteiger partial charge in [0.2, 0.25) is 0 Å². The molecule has 0 saturated heterocycles. The Hall–Kier alpha value is -1.68. The van der Waals surface area contributed by atoms with E-state index in [0.717, 1.165) is 12.2 Å². The van der Waals surface area contributed by atoms with Gasteiger partial charge in [-0.25, -0.2) is 4.98 Å². The van der Waals surface area contributed by atoms with E-state index in [9.17, 15) is 0 Å². The second-order valence-electron chi connectivity index (χ2n) is 6.42. The van der Waals surface area contributed by atoms with Crippen LogP contribution in [0.2, 0.25) is 0 Å². The molecule has 3 N–H and O–H groups in total. The highest BCUT2D eigenvalue weighted by molar-refractivity contribution is 5.41. The zero-order valence-electron chi connectivity index (χ0n) is 13.0. The summed E-state index contributed by atoms with van der Waals surface area (Å²) in [7, 11) is 0. The van der Waals surface area contributed by atoms with Gasteiger partial charge in [-0.05, 0) is 41.5 Å². The van der Waals surface area contributed by atoms with Crippen molar-refractivity contribution in [2.24, 2.45) is 5.73 Å². The van der Waals surface area contributed by atoms with Crippen LogP contribution >= 0.6 is 0 Å². The molecule has 0 spiro atoms. The summed E-state index contributed by atoms with van der Waals surface area (Å²) in [6.45, 7) is 11.4. The normalized spacial score (nSPS) is 11.9. The zero-order valence-corrected chi connectivity index (χ0v) is 13.0. The van der Waals surface area contributed by atoms with Crippen LogP contribution in [0.3, 0.4) is 0 Å². The third kappa shape index (κ3) is 3.07. The lowest BCUT2D eigenvalue weighted by Gasteiger charge is -2.22. The summed E-state index contributed by atoms with van der Waals surface area (Å²) in [5.41, 5.74) is 11.0. The van der Waals surface area contributed by atoms with E-state index in [2.05, 4.69) is 61.9 Å². The fourth-order valence-electron chi connectivity index (χ4n) is 2.38. The van der Waals surface area contributed by atoms with Gasteiger partial charge in [-0.2, -0.15) is 5.10 Å². The first-order valence-electron chi connectivity index (χ1n) is 7.02. The zero-order chi connectivity index (χ0) is 14.9. The summed E-state index contributed by atoms with van der Waals surface area (Å²) >= 11 is 0. The Morgan fingerprint density at radius 1 is 1.15 bits per heavy atom. The second-order valence-corrected chi connectivity index (χ2v) is 6.42. The highest BCUT2D eigenvalue weighted by Crippen LogP contribution is 2.27. The third-order valence-electron chi connectivity index (χ3n) is 3.67. The molecule has 4 nitrogen and oxygen atoms in total. The van der Waals surface area contributed by atoms with Gasteiger partial charge in [0.05, 0.1) is 6.54 Å². The number of nitrogens with zero attached hydrogens (tertiary/aromatic N) is 2. The number of aromatic nitrogens is 3. The standard InChI is InChI=1S/C16H24N4/c1-10-6-12(16(3,4)5)7-11(2)13(10)8-14-18-15(9-17)20-19-14/h6-7H,8-9,17H2,1-5H3,(H,18,19,20). The van der Waals surface area contributed by atoms with Crippen molar-refractivity contribution in [3.8, 4) is 0 Å². The summed E-state index contributed by atoms with van der Waals surface area (Å²) in [4.78, 5) is 4.39. The Morgan fingerprint density at radius 3 is 2.20 bits per heavy atom. The summed E-state index contributed by atoms with van der Waals surface area (Å²) in [5, 5.41) is 7.05. The van der Waals surface area contributed by atoms with Crippen LogP contribution in [0.15, 0.2) is 12.1 Å². The minimum atomic E-state index is 0.174. The van der Waals surface area contributed by atoms with Crippen molar-refractivity contribution in [1.82, 2.24) is 15.2 Å². The molecule has 0 radical (unpaired) electrons. The number of aromatic amines is 1. The van der Waals surface area contributed by atoms with E-state index in [1.165, 1.54) is 22.3 Å². The fourth-order valence-corrected chi connectivity index (χ4v) is 2.38. The smallest absolute Gasteiger partial charge is 0.164 e. The number of rotatable bonds is 3. The molecule has 1 aromatic carbocycles. The molecule has 0 aliphatic rings. The molecule has 0 unspecified atom stereocenters. The summed E-state index contributed by atoms with van der Waals surface area (Å²) in [6.07, 6.45) is 0.773. The quantitative estimate of drug-likeness (QED) is 0.902. The molecular weight excluding hydrogens is 248 g/mol. The number of hydrogen-bond acceptors (Lipinski definition) is 3. The van der Waals surface area contributed by atoms with Crippen LogP contribution in [0.1, 0.15) is 54.7 Å². The van der Waals surface area contributed by atoms with Gasteiger partial charge in [-0.15, -0.1) is 0 Å². The molecule has 0 aliphatic heterocycles. The van der Waals surface area contributed by atoms with Crippen LogP contribution in [-0.2, 0) is 18.4 Å². The van der Waals surface area contributed by atoms with Crippen LogP contribution in [0.25, 0.3) is 0 Å². The van der Waals surface area contributed by atoms with E-state index < -0.39 is 0 Å². The van der Waals surface area contributed by atoms with Gasteiger partial charge in [0.15, 0.2) is 5.82 Å². The number of aryl methyl sites for hydroxylation is 2. The number of nitrogens with two attached hydrogens (primary N) is 1. The van der Waals surface area contributed by atoms with Crippen LogP contribution in [0.5, 0.6) is 0 Å². The molecular formula is C16H24N4. The van der Waals surface area contributed by atoms with Crippen molar-refractivity contribution < 1.29 is 0 Å². The van der Waals surface area contributed by atoms with Crippen LogP contribution in [0, 0.1) is 13.8 Å². The Balaban J connectivity index is 2.33. The SMILES string of the molecule is Cc1cc(C(C)(C)C)cc(C)c1Cc1nc(CN)n[nH]1. The van der Waals surface area contributed by atoms with Crippen molar-refractivity contribution in [2.75, 3.05) is 0 Å². The average molecular weight is 272 g/mol. The maximum Gasteiger partial charge on any atom is 0.164 e.